The van der Waals surface area contributed by atoms with Crippen LogP contribution < -0.4 is 11.1 Å². The number of piperidine rings is 1. The largest absolute Gasteiger partial charge is 0.369 e. The number of hydrogen-bond donors (Lipinski definition) is 2. The first-order chi connectivity index (χ1) is 14.4. The van der Waals surface area contributed by atoms with Crippen molar-refractivity contribution >= 4 is 47.2 Å². The second-order valence-electron chi connectivity index (χ2n) is 7.91. The highest BCUT2D eigenvalue weighted by molar-refractivity contribution is 14.0. The third kappa shape index (κ3) is 7.73. The summed E-state index contributed by atoms with van der Waals surface area (Å²) in [5, 5.41) is 6.61. The molecule has 0 aliphatic carbocycles. The average Bonchev–Trinajstić information content (AvgIpc) is 3.13. The molecular formula is C22H33IN6OS. The SMILES string of the molecule is CN=C(NCc1cccc(CN2CCCC(C(N)=O)C2)c1)N(C)Cc1csc(C)n1.I. The molecule has 2 heterocycles. The Morgan fingerprint density at radius 2 is 2.19 bits per heavy atom. The molecule has 1 amide bonds. The molecule has 9 heteroatoms. The summed E-state index contributed by atoms with van der Waals surface area (Å²) in [4.78, 5) is 24.9. The van der Waals surface area contributed by atoms with Crippen molar-refractivity contribution in [3.8, 4) is 0 Å². The predicted octanol–water partition coefficient (Wildman–Crippen LogP) is 2.97. The molecule has 0 saturated carbocycles. The number of likely N-dealkylation sites (tertiary alicyclic amines) is 1. The van der Waals surface area contributed by atoms with Crippen LogP contribution in [-0.4, -0.2) is 53.8 Å². The van der Waals surface area contributed by atoms with Crippen molar-refractivity contribution in [1.29, 1.82) is 0 Å². The van der Waals surface area contributed by atoms with Gasteiger partial charge >= 0.3 is 0 Å². The Bertz CT molecular complexity index is 886. The average molecular weight is 557 g/mol. The summed E-state index contributed by atoms with van der Waals surface area (Å²) in [6.07, 6.45) is 1.93. The van der Waals surface area contributed by atoms with Crippen LogP contribution in [0, 0.1) is 12.8 Å². The molecule has 1 aliphatic heterocycles. The van der Waals surface area contributed by atoms with E-state index in [0.29, 0.717) is 6.54 Å². The number of carbonyl (C=O) groups excluding carboxylic acids is 1. The maximum Gasteiger partial charge on any atom is 0.221 e. The van der Waals surface area contributed by atoms with E-state index in [2.05, 4.69) is 54.7 Å². The molecule has 3 N–H and O–H groups in total. The Morgan fingerprint density at radius 3 is 2.87 bits per heavy atom. The molecule has 1 unspecified atom stereocenters. The maximum absolute atomic E-state index is 11.5. The number of nitrogens with zero attached hydrogens (tertiary/aromatic N) is 4. The lowest BCUT2D eigenvalue weighted by atomic mass is 9.97. The molecule has 1 fully saturated rings. The van der Waals surface area contributed by atoms with E-state index in [1.54, 1.807) is 18.4 Å². The molecule has 1 atom stereocenters. The van der Waals surface area contributed by atoms with Gasteiger partial charge < -0.3 is 16.0 Å². The summed E-state index contributed by atoms with van der Waals surface area (Å²) in [5.74, 6) is 0.635. The number of hydrogen-bond acceptors (Lipinski definition) is 5. The fraction of sp³-hybridized carbons (Fsp3) is 0.500. The number of amides is 1. The quantitative estimate of drug-likeness (QED) is 0.311. The summed E-state index contributed by atoms with van der Waals surface area (Å²) in [6, 6.07) is 8.57. The highest BCUT2D eigenvalue weighted by atomic mass is 127. The van der Waals surface area contributed by atoms with E-state index in [-0.39, 0.29) is 35.8 Å². The molecule has 7 nitrogen and oxygen atoms in total. The number of carbonyl (C=O) groups is 1. The molecule has 0 spiro atoms. The van der Waals surface area contributed by atoms with Crippen molar-refractivity contribution in [2.45, 2.75) is 39.4 Å². The fourth-order valence-corrected chi connectivity index (χ4v) is 4.50. The summed E-state index contributed by atoms with van der Waals surface area (Å²) in [7, 11) is 3.82. The Hall–Kier alpha value is -1.72. The standard InChI is InChI=1S/C22H32N6OS.HI/c1-16-26-20(15-30-16)14-27(3)22(24-2)25-11-17-6-4-7-18(10-17)12-28-9-5-8-19(13-28)21(23)29;/h4,6-7,10,15,19H,5,8-9,11-14H2,1-3H3,(H2,23,29)(H,24,25);1H. The monoisotopic (exact) mass is 556 g/mol. The Labute approximate surface area is 206 Å². The molecule has 1 aromatic carbocycles. The van der Waals surface area contributed by atoms with Crippen LogP contribution in [-0.2, 0) is 24.4 Å². The molecule has 1 aliphatic rings. The third-order valence-corrected chi connectivity index (χ3v) is 6.22. The van der Waals surface area contributed by atoms with Crippen LogP contribution in [0.5, 0.6) is 0 Å². The van der Waals surface area contributed by atoms with Crippen LogP contribution in [0.1, 0.15) is 34.7 Å². The van der Waals surface area contributed by atoms with Crippen molar-refractivity contribution in [2.75, 3.05) is 27.2 Å². The zero-order valence-electron chi connectivity index (χ0n) is 18.5. The van der Waals surface area contributed by atoms with Crippen LogP contribution in [0.3, 0.4) is 0 Å². The highest BCUT2D eigenvalue weighted by Gasteiger charge is 2.23. The molecule has 170 valence electrons. The maximum atomic E-state index is 11.5. The van der Waals surface area contributed by atoms with Gasteiger partial charge in [0.05, 0.1) is 23.2 Å². The normalized spacial score (nSPS) is 17.1. The molecule has 0 bridgehead atoms. The van der Waals surface area contributed by atoms with Gasteiger partial charge in [0.25, 0.3) is 0 Å². The van der Waals surface area contributed by atoms with Gasteiger partial charge in [-0.3, -0.25) is 14.7 Å². The second kappa shape index (κ2) is 12.4. The summed E-state index contributed by atoms with van der Waals surface area (Å²) < 4.78 is 0. The van der Waals surface area contributed by atoms with Gasteiger partial charge in [0.15, 0.2) is 5.96 Å². The second-order valence-corrected chi connectivity index (χ2v) is 8.97. The molecule has 3 rings (SSSR count). The Balaban J connectivity index is 0.00000341. The molecule has 31 heavy (non-hydrogen) atoms. The van der Waals surface area contributed by atoms with E-state index in [4.69, 9.17) is 5.73 Å². The number of aromatic nitrogens is 1. The van der Waals surface area contributed by atoms with Crippen molar-refractivity contribution in [3.05, 3.63) is 51.5 Å². The molecule has 0 radical (unpaired) electrons. The molecule has 1 saturated heterocycles. The summed E-state index contributed by atoms with van der Waals surface area (Å²) in [6.45, 7) is 6.05. The van der Waals surface area contributed by atoms with Crippen molar-refractivity contribution in [3.63, 3.8) is 0 Å². The number of nitrogens with two attached hydrogens (primary N) is 1. The number of nitrogens with one attached hydrogen (secondary N) is 1. The lowest BCUT2D eigenvalue weighted by molar-refractivity contribution is -0.123. The number of rotatable bonds is 7. The molecule has 2 aromatic rings. The minimum atomic E-state index is -0.180. The molecule has 1 aromatic heterocycles. The third-order valence-electron chi connectivity index (χ3n) is 5.40. The van der Waals surface area contributed by atoms with Crippen molar-refractivity contribution in [1.82, 2.24) is 20.1 Å². The number of aryl methyl sites for hydroxylation is 1. The number of thiazole rings is 1. The number of benzene rings is 1. The lowest BCUT2D eigenvalue weighted by Crippen LogP contribution is -2.40. The number of primary amides is 1. The van der Waals surface area contributed by atoms with Crippen LogP contribution in [0.2, 0.25) is 0 Å². The van der Waals surface area contributed by atoms with Gasteiger partial charge in [0.1, 0.15) is 0 Å². The highest BCUT2D eigenvalue weighted by Crippen LogP contribution is 2.19. The fourth-order valence-electron chi connectivity index (χ4n) is 3.89. The predicted molar refractivity (Wildman–Crippen MR) is 138 cm³/mol. The van der Waals surface area contributed by atoms with E-state index >= 15 is 0 Å². The van der Waals surface area contributed by atoms with E-state index in [1.165, 1.54) is 11.1 Å². The lowest BCUT2D eigenvalue weighted by Gasteiger charge is -2.31. The number of guanidine groups is 1. The zero-order valence-corrected chi connectivity index (χ0v) is 21.7. The first-order valence-corrected chi connectivity index (χ1v) is 11.2. The van der Waals surface area contributed by atoms with Gasteiger partial charge in [0.2, 0.25) is 5.91 Å². The summed E-state index contributed by atoms with van der Waals surface area (Å²) in [5.41, 5.74) is 9.02. The van der Waals surface area contributed by atoms with E-state index in [9.17, 15) is 4.79 Å². The van der Waals surface area contributed by atoms with Gasteiger partial charge in [0, 0.05) is 39.1 Å². The van der Waals surface area contributed by atoms with Crippen LogP contribution in [0.25, 0.3) is 0 Å². The molecular weight excluding hydrogens is 523 g/mol. The first-order valence-electron chi connectivity index (χ1n) is 10.4. The van der Waals surface area contributed by atoms with E-state index in [0.717, 1.165) is 55.7 Å². The van der Waals surface area contributed by atoms with Crippen molar-refractivity contribution in [2.24, 2.45) is 16.6 Å². The van der Waals surface area contributed by atoms with E-state index in [1.807, 2.05) is 14.0 Å². The number of aliphatic imine (C=N–C) groups is 1. The number of halogens is 1. The van der Waals surface area contributed by atoms with Gasteiger partial charge in [-0.1, -0.05) is 24.3 Å². The zero-order chi connectivity index (χ0) is 21.5. The Kier molecular flexibility index (Phi) is 10.2. The summed E-state index contributed by atoms with van der Waals surface area (Å²) >= 11 is 1.67. The Morgan fingerprint density at radius 1 is 1.42 bits per heavy atom. The minimum Gasteiger partial charge on any atom is -0.369 e. The minimum absolute atomic E-state index is 0. The van der Waals surface area contributed by atoms with Crippen LogP contribution >= 0.6 is 35.3 Å². The first kappa shape index (κ1) is 25.5. The van der Waals surface area contributed by atoms with Gasteiger partial charge in [-0.05, 0) is 37.4 Å². The van der Waals surface area contributed by atoms with Crippen molar-refractivity contribution < 1.29 is 4.79 Å². The van der Waals surface area contributed by atoms with Gasteiger partial charge in [-0.15, -0.1) is 35.3 Å². The topological polar surface area (TPSA) is 86.8 Å². The van der Waals surface area contributed by atoms with Crippen LogP contribution in [0.4, 0.5) is 0 Å². The van der Waals surface area contributed by atoms with Crippen LogP contribution in [0.15, 0.2) is 34.6 Å². The smallest absolute Gasteiger partial charge is 0.221 e. The van der Waals surface area contributed by atoms with Gasteiger partial charge in [-0.2, -0.15) is 0 Å². The van der Waals surface area contributed by atoms with Gasteiger partial charge in [-0.25, -0.2) is 4.98 Å². The van der Waals surface area contributed by atoms with E-state index < -0.39 is 0 Å².